The highest BCUT2D eigenvalue weighted by Crippen LogP contribution is 2.21. The minimum atomic E-state index is -3.69. The fourth-order valence-electron chi connectivity index (χ4n) is 3.57. The van der Waals surface area contributed by atoms with Crippen molar-refractivity contribution < 1.29 is 22.6 Å². The van der Waals surface area contributed by atoms with Crippen molar-refractivity contribution >= 4 is 21.4 Å². The number of piperazine rings is 1. The quantitative estimate of drug-likeness (QED) is 0.625. The van der Waals surface area contributed by atoms with Crippen molar-refractivity contribution in [1.82, 2.24) is 4.72 Å². The van der Waals surface area contributed by atoms with Crippen LogP contribution in [0.25, 0.3) is 0 Å². The molecule has 1 aliphatic rings. The van der Waals surface area contributed by atoms with Crippen molar-refractivity contribution in [3.05, 3.63) is 52.5 Å². The molecular weight excluding hydrogens is 373 g/mol. The lowest BCUT2D eigenvalue weighted by Crippen LogP contribution is -3.27. The van der Waals surface area contributed by atoms with Crippen LogP contribution in [0.3, 0.4) is 0 Å². The van der Waals surface area contributed by atoms with Crippen LogP contribution in [0.4, 0.5) is 4.39 Å². The monoisotopic (exact) mass is 399 g/mol. The predicted octanol–water partition coefficient (Wildman–Crippen LogP) is -0.291. The van der Waals surface area contributed by atoms with E-state index in [0.29, 0.717) is 0 Å². The van der Waals surface area contributed by atoms with E-state index in [1.54, 1.807) is 11.3 Å². The van der Waals surface area contributed by atoms with Gasteiger partial charge in [-0.25, -0.2) is 17.5 Å². The summed E-state index contributed by atoms with van der Waals surface area (Å²) in [5.41, 5.74) is 0. The molecule has 1 aromatic heterocycles. The minimum Gasteiger partial charge on any atom is -0.328 e. The SMILES string of the molecule is C[C@H](NS(=O)(=O)c1ccc(F)cc1)[C@H](c1cccs1)[NH+]1CC[NH+](C)CC1. The predicted molar refractivity (Wildman–Crippen MR) is 101 cm³/mol. The highest BCUT2D eigenvalue weighted by Gasteiger charge is 2.36. The second-order valence-corrected chi connectivity index (χ2v) is 9.67. The Labute approximate surface area is 158 Å². The van der Waals surface area contributed by atoms with Gasteiger partial charge in [-0.05, 0) is 42.6 Å². The molecule has 1 aromatic carbocycles. The van der Waals surface area contributed by atoms with Crippen LogP contribution in [-0.4, -0.2) is 47.7 Å². The Morgan fingerprint density at radius 3 is 2.35 bits per heavy atom. The Balaban J connectivity index is 1.81. The Hall–Kier alpha value is -1.32. The molecule has 2 aromatic rings. The van der Waals surface area contributed by atoms with Gasteiger partial charge in [-0.15, -0.1) is 11.3 Å². The van der Waals surface area contributed by atoms with Gasteiger partial charge in [0, 0.05) is 0 Å². The first-order chi connectivity index (χ1) is 12.4. The number of quaternary nitrogens is 2. The summed E-state index contributed by atoms with van der Waals surface area (Å²) in [6.07, 6.45) is 0. The maximum atomic E-state index is 13.1. The van der Waals surface area contributed by atoms with E-state index in [2.05, 4.69) is 17.8 Å². The number of thiophene rings is 1. The number of hydrogen-bond donors (Lipinski definition) is 3. The molecule has 2 heterocycles. The molecule has 0 bridgehead atoms. The zero-order valence-corrected chi connectivity index (χ0v) is 16.7. The molecule has 3 rings (SSSR count). The van der Waals surface area contributed by atoms with Gasteiger partial charge in [0.05, 0.1) is 22.9 Å². The molecule has 0 radical (unpaired) electrons. The van der Waals surface area contributed by atoms with E-state index in [0.717, 1.165) is 26.2 Å². The van der Waals surface area contributed by atoms with E-state index in [1.165, 1.54) is 38.9 Å². The van der Waals surface area contributed by atoms with E-state index in [4.69, 9.17) is 0 Å². The average Bonchev–Trinajstić information content (AvgIpc) is 3.11. The summed E-state index contributed by atoms with van der Waals surface area (Å²) >= 11 is 1.67. The third-order valence-corrected chi connectivity index (χ3v) is 7.53. The summed E-state index contributed by atoms with van der Waals surface area (Å²) in [4.78, 5) is 4.20. The summed E-state index contributed by atoms with van der Waals surface area (Å²) in [6.45, 7) is 6.10. The maximum Gasteiger partial charge on any atom is 0.241 e. The Bertz CT molecular complexity index is 801. The number of hydrogen-bond acceptors (Lipinski definition) is 3. The van der Waals surface area contributed by atoms with Crippen molar-refractivity contribution in [1.29, 1.82) is 0 Å². The summed E-state index contributed by atoms with van der Waals surface area (Å²) < 4.78 is 41.4. The lowest BCUT2D eigenvalue weighted by Gasteiger charge is -2.35. The molecule has 8 heteroatoms. The lowest BCUT2D eigenvalue weighted by molar-refractivity contribution is -1.02. The van der Waals surface area contributed by atoms with Gasteiger partial charge in [-0.1, -0.05) is 6.07 Å². The number of nitrogens with one attached hydrogen (secondary N) is 3. The van der Waals surface area contributed by atoms with E-state index in [-0.39, 0.29) is 17.0 Å². The minimum absolute atomic E-state index is 0.0679. The highest BCUT2D eigenvalue weighted by molar-refractivity contribution is 7.89. The van der Waals surface area contributed by atoms with E-state index < -0.39 is 15.8 Å². The normalized spacial score (nSPS) is 23.5. The topological polar surface area (TPSA) is 55.0 Å². The first-order valence-corrected chi connectivity index (χ1v) is 11.2. The van der Waals surface area contributed by atoms with Crippen LogP contribution in [0.15, 0.2) is 46.7 Å². The van der Waals surface area contributed by atoms with Gasteiger partial charge in [0.25, 0.3) is 0 Å². The molecule has 1 fully saturated rings. The number of benzene rings is 1. The van der Waals surface area contributed by atoms with Crippen LogP contribution < -0.4 is 14.5 Å². The van der Waals surface area contributed by atoms with Crippen LogP contribution in [0.2, 0.25) is 0 Å². The molecule has 26 heavy (non-hydrogen) atoms. The summed E-state index contributed by atoms with van der Waals surface area (Å²) in [5, 5.41) is 2.03. The molecule has 1 saturated heterocycles. The molecule has 1 aliphatic heterocycles. The molecule has 142 valence electrons. The fraction of sp³-hybridized carbons (Fsp3) is 0.444. The number of halogens is 1. The van der Waals surface area contributed by atoms with Crippen molar-refractivity contribution in [3.8, 4) is 0 Å². The summed E-state index contributed by atoms with van der Waals surface area (Å²) in [6, 6.07) is 8.84. The van der Waals surface area contributed by atoms with Crippen LogP contribution in [0, 0.1) is 5.82 Å². The zero-order valence-electron chi connectivity index (χ0n) is 15.0. The van der Waals surface area contributed by atoms with Gasteiger partial charge in [-0.2, -0.15) is 0 Å². The summed E-state index contributed by atoms with van der Waals surface area (Å²) in [7, 11) is -1.50. The second-order valence-electron chi connectivity index (χ2n) is 6.97. The third-order valence-electron chi connectivity index (χ3n) is 5.00. The van der Waals surface area contributed by atoms with Crippen molar-refractivity contribution in [2.75, 3.05) is 33.2 Å². The average molecular weight is 400 g/mol. The van der Waals surface area contributed by atoms with Crippen molar-refractivity contribution in [2.24, 2.45) is 0 Å². The van der Waals surface area contributed by atoms with Gasteiger partial charge < -0.3 is 9.80 Å². The number of likely N-dealkylation sites (N-methyl/N-ethyl adjacent to an activating group) is 1. The van der Waals surface area contributed by atoms with Crippen molar-refractivity contribution in [3.63, 3.8) is 0 Å². The zero-order chi connectivity index (χ0) is 18.7. The smallest absolute Gasteiger partial charge is 0.241 e. The maximum absolute atomic E-state index is 13.1. The molecule has 0 amide bonds. The molecule has 2 atom stereocenters. The number of sulfonamides is 1. The van der Waals surface area contributed by atoms with E-state index in [9.17, 15) is 12.8 Å². The summed E-state index contributed by atoms with van der Waals surface area (Å²) in [5.74, 6) is -0.446. The highest BCUT2D eigenvalue weighted by atomic mass is 32.2. The van der Waals surface area contributed by atoms with Gasteiger partial charge in [-0.3, -0.25) is 0 Å². The molecule has 0 saturated carbocycles. The van der Waals surface area contributed by atoms with E-state index >= 15 is 0 Å². The van der Waals surface area contributed by atoms with Crippen LogP contribution in [-0.2, 0) is 10.0 Å². The first kappa shape index (κ1) is 19.4. The van der Waals surface area contributed by atoms with Crippen LogP contribution in [0.1, 0.15) is 17.8 Å². The van der Waals surface area contributed by atoms with Gasteiger partial charge in [0.1, 0.15) is 38.0 Å². The Morgan fingerprint density at radius 2 is 1.77 bits per heavy atom. The standard InChI is InChI=1S/C18H24FN3O2S2/c1-14(20-26(23,24)16-7-5-15(19)6-8-16)18(17-4-3-13-25-17)22-11-9-21(2)10-12-22/h3-8,13-14,18,20H,9-12H2,1-2H3/p+2/t14-,18+/m0/s1. The van der Waals surface area contributed by atoms with Gasteiger partial charge in [0.2, 0.25) is 10.0 Å². The lowest BCUT2D eigenvalue weighted by atomic mass is 10.1. The number of rotatable bonds is 6. The molecular formula is C18H26FN3O2S2+2. The van der Waals surface area contributed by atoms with Gasteiger partial charge in [0.15, 0.2) is 0 Å². The molecule has 0 spiro atoms. The first-order valence-electron chi connectivity index (χ1n) is 8.84. The fourth-order valence-corrected chi connectivity index (χ4v) is 5.82. The molecule has 3 N–H and O–H groups in total. The Morgan fingerprint density at radius 1 is 1.12 bits per heavy atom. The van der Waals surface area contributed by atoms with Crippen molar-refractivity contribution in [2.45, 2.75) is 23.9 Å². The molecule has 5 nitrogen and oxygen atoms in total. The van der Waals surface area contributed by atoms with Crippen LogP contribution >= 0.6 is 11.3 Å². The molecule has 0 aliphatic carbocycles. The Kier molecular flexibility index (Phi) is 6.09. The second kappa shape index (κ2) is 8.14. The molecule has 0 unspecified atom stereocenters. The van der Waals surface area contributed by atoms with Crippen LogP contribution in [0.5, 0.6) is 0 Å². The van der Waals surface area contributed by atoms with Gasteiger partial charge >= 0.3 is 0 Å². The largest absolute Gasteiger partial charge is 0.328 e. The van der Waals surface area contributed by atoms with E-state index in [1.807, 2.05) is 18.4 Å². The third kappa shape index (κ3) is 4.50.